The number of amides is 1. The zero-order valence-corrected chi connectivity index (χ0v) is 11.4. The van der Waals surface area contributed by atoms with Crippen LogP contribution in [0.3, 0.4) is 0 Å². The highest BCUT2D eigenvalue weighted by atomic mass is 35.5. The third-order valence-electron chi connectivity index (χ3n) is 2.55. The van der Waals surface area contributed by atoms with E-state index in [-0.39, 0.29) is 34.1 Å². The summed E-state index contributed by atoms with van der Waals surface area (Å²) in [5.74, 6) is -0.0704. The van der Waals surface area contributed by atoms with E-state index in [1.54, 1.807) is 14.0 Å². The van der Waals surface area contributed by atoms with Gasteiger partial charge in [0, 0.05) is 41.7 Å². The molecule has 0 aliphatic carbocycles. The number of rotatable bonds is 4. The van der Waals surface area contributed by atoms with Crippen LogP contribution in [0.5, 0.6) is 0 Å². The number of carbonyl (C=O) groups excluding carboxylic acids is 1. The van der Waals surface area contributed by atoms with Gasteiger partial charge in [-0.15, -0.1) is 11.6 Å². The van der Waals surface area contributed by atoms with Crippen molar-refractivity contribution in [3.63, 3.8) is 0 Å². The van der Waals surface area contributed by atoms with E-state index < -0.39 is 4.92 Å². The van der Waals surface area contributed by atoms with Crippen molar-refractivity contribution < 1.29 is 9.72 Å². The normalized spacial score (nSPS) is 12.0. The first-order chi connectivity index (χ1) is 8.36. The molecule has 0 heterocycles. The molecule has 0 saturated carbocycles. The number of benzene rings is 1. The van der Waals surface area contributed by atoms with Crippen LogP contribution in [0, 0.1) is 10.1 Å². The second-order valence-corrected chi connectivity index (χ2v) is 4.62. The van der Waals surface area contributed by atoms with Crippen molar-refractivity contribution >= 4 is 34.8 Å². The molecule has 1 aromatic rings. The second-order valence-electron chi connectivity index (χ2n) is 3.87. The van der Waals surface area contributed by atoms with E-state index in [1.165, 1.54) is 23.1 Å². The minimum absolute atomic E-state index is 0.152. The van der Waals surface area contributed by atoms with Crippen LogP contribution < -0.4 is 0 Å². The Morgan fingerprint density at radius 1 is 1.50 bits per heavy atom. The van der Waals surface area contributed by atoms with Crippen LogP contribution in [0.15, 0.2) is 18.2 Å². The maximum atomic E-state index is 12.1. The first kappa shape index (κ1) is 14.7. The quantitative estimate of drug-likeness (QED) is 0.486. The molecule has 0 bridgehead atoms. The highest BCUT2D eigenvalue weighted by Gasteiger charge is 2.20. The summed E-state index contributed by atoms with van der Waals surface area (Å²) in [6, 6.07) is 3.63. The number of hydrogen-bond acceptors (Lipinski definition) is 3. The Bertz CT molecular complexity index is 479. The molecule has 0 radical (unpaired) electrons. The predicted molar refractivity (Wildman–Crippen MR) is 70.4 cm³/mol. The van der Waals surface area contributed by atoms with Gasteiger partial charge in [0.1, 0.15) is 0 Å². The highest BCUT2D eigenvalue weighted by molar-refractivity contribution is 6.31. The van der Waals surface area contributed by atoms with Crippen LogP contribution in [0.4, 0.5) is 5.69 Å². The zero-order chi connectivity index (χ0) is 13.9. The maximum Gasteiger partial charge on any atom is 0.271 e. The average molecular weight is 291 g/mol. The maximum absolute atomic E-state index is 12.1. The molecule has 1 amide bonds. The van der Waals surface area contributed by atoms with E-state index in [4.69, 9.17) is 23.2 Å². The van der Waals surface area contributed by atoms with Crippen molar-refractivity contribution in [2.24, 2.45) is 0 Å². The van der Waals surface area contributed by atoms with Crippen molar-refractivity contribution in [1.29, 1.82) is 0 Å². The minimum Gasteiger partial charge on any atom is -0.338 e. The largest absolute Gasteiger partial charge is 0.338 e. The van der Waals surface area contributed by atoms with E-state index in [9.17, 15) is 14.9 Å². The first-order valence-corrected chi connectivity index (χ1v) is 6.06. The summed E-state index contributed by atoms with van der Waals surface area (Å²) in [7, 11) is 1.59. The van der Waals surface area contributed by atoms with Crippen LogP contribution in [0.25, 0.3) is 0 Å². The Kier molecular flexibility index (Phi) is 4.93. The Morgan fingerprint density at radius 2 is 2.11 bits per heavy atom. The molecular weight excluding hydrogens is 279 g/mol. The van der Waals surface area contributed by atoms with Gasteiger partial charge in [-0.3, -0.25) is 14.9 Å². The molecule has 0 aliphatic heterocycles. The zero-order valence-electron chi connectivity index (χ0n) is 9.89. The monoisotopic (exact) mass is 290 g/mol. The highest BCUT2D eigenvalue weighted by Crippen LogP contribution is 2.22. The van der Waals surface area contributed by atoms with E-state index in [2.05, 4.69) is 0 Å². The lowest BCUT2D eigenvalue weighted by molar-refractivity contribution is -0.384. The van der Waals surface area contributed by atoms with Gasteiger partial charge in [0.25, 0.3) is 11.6 Å². The molecule has 98 valence electrons. The molecule has 5 nitrogen and oxygen atoms in total. The van der Waals surface area contributed by atoms with Crippen molar-refractivity contribution in [2.45, 2.75) is 13.0 Å². The molecule has 0 aromatic heterocycles. The van der Waals surface area contributed by atoms with Crippen molar-refractivity contribution in [3.05, 3.63) is 38.9 Å². The summed E-state index contributed by atoms with van der Waals surface area (Å²) in [5, 5.41) is 10.8. The summed E-state index contributed by atoms with van der Waals surface area (Å²) in [6.07, 6.45) is 0. The molecule has 0 saturated heterocycles. The minimum atomic E-state index is -0.590. The number of hydrogen-bond donors (Lipinski definition) is 0. The van der Waals surface area contributed by atoms with Gasteiger partial charge in [-0.25, -0.2) is 0 Å². The standard InChI is InChI=1S/C11H12Cl2N2O3/c1-7(6-12)14(2)11(16)8-3-9(13)5-10(4-8)15(17)18/h3-5,7H,6H2,1-2H3. The van der Waals surface area contributed by atoms with E-state index in [0.29, 0.717) is 0 Å². The summed E-state index contributed by atoms with van der Waals surface area (Å²) in [4.78, 5) is 23.6. The Morgan fingerprint density at radius 3 is 2.61 bits per heavy atom. The van der Waals surface area contributed by atoms with E-state index in [0.717, 1.165) is 0 Å². The Hall–Kier alpha value is -1.33. The predicted octanol–water partition coefficient (Wildman–Crippen LogP) is 2.95. The number of alkyl halides is 1. The van der Waals surface area contributed by atoms with Gasteiger partial charge in [-0.1, -0.05) is 11.6 Å². The van der Waals surface area contributed by atoms with Gasteiger partial charge in [0.2, 0.25) is 0 Å². The number of carbonyl (C=O) groups is 1. The van der Waals surface area contributed by atoms with Gasteiger partial charge < -0.3 is 4.90 Å². The smallest absolute Gasteiger partial charge is 0.271 e. The van der Waals surface area contributed by atoms with Crippen LogP contribution in [0.2, 0.25) is 5.02 Å². The molecule has 0 fully saturated rings. The fourth-order valence-electron chi connectivity index (χ4n) is 1.31. The van der Waals surface area contributed by atoms with Crippen molar-refractivity contribution in [2.75, 3.05) is 12.9 Å². The molecule has 0 aliphatic rings. The lowest BCUT2D eigenvalue weighted by Crippen LogP contribution is -2.36. The summed E-state index contributed by atoms with van der Waals surface area (Å²) >= 11 is 11.4. The van der Waals surface area contributed by atoms with Gasteiger partial charge in [-0.05, 0) is 13.0 Å². The van der Waals surface area contributed by atoms with Gasteiger partial charge in [0.15, 0.2) is 0 Å². The summed E-state index contributed by atoms with van der Waals surface area (Å²) < 4.78 is 0. The number of nitro benzene ring substituents is 1. The van der Waals surface area contributed by atoms with Crippen LogP contribution in [0.1, 0.15) is 17.3 Å². The SMILES string of the molecule is CC(CCl)N(C)C(=O)c1cc(Cl)cc([N+](=O)[O-])c1. The summed E-state index contributed by atoms with van der Waals surface area (Å²) in [5.41, 5.74) is -0.0357. The molecule has 0 N–H and O–H groups in total. The van der Waals surface area contributed by atoms with Gasteiger partial charge >= 0.3 is 0 Å². The topological polar surface area (TPSA) is 63.5 Å². The number of non-ortho nitro benzene ring substituents is 1. The lowest BCUT2D eigenvalue weighted by Gasteiger charge is -2.23. The van der Waals surface area contributed by atoms with Crippen molar-refractivity contribution in [3.8, 4) is 0 Å². The molecular formula is C11H12Cl2N2O3. The fraction of sp³-hybridized carbons (Fsp3) is 0.364. The Labute approximate surface area is 114 Å². The summed E-state index contributed by atoms with van der Waals surface area (Å²) in [6.45, 7) is 1.78. The molecule has 0 spiro atoms. The molecule has 7 heteroatoms. The van der Waals surface area contributed by atoms with E-state index in [1.807, 2.05) is 0 Å². The van der Waals surface area contributed by atoms with Gasteiger partial charge in [0.05, 0.1) is 4.92 Å². The number of halogens is 2. The third-order valence-corrected chi connectivity index (χ3v) is 3.21. The fourth-order valence-corrected chi connectivity index (χ4v) is 1.75. The van der Waals surface area contributed by atoms with Crippen LogP contribution in [-0.4, -0.2) is 34.7 Å². The molecule has 1 atom stereocenters. The molecule has 1 rings (SSSR count). The van der Waals surface area contributed by atoms with Crippen molar-refractivity contribution in [1.82, 2.24) is 4.90 Å². The average Bonchev–Trinajstić information content (AvgIpc) is 2.35. The second kappa shape index (κ2) is 6.02. The molecule has 1 unspecified atom stereocenters. The Balaban J connectivity index is 3.09. The third kappa shape index (κ3) is 3.34. The van der Waals surface area contributed by atoms with Crippen LogP contribution >= 0.6 is 23.2 Å². The number of nitrogens with zero attached hydrogens (tertiary/aromatic N) is 2. The molecule has 18 heavy (non-hydrogen) atoms. The first-order valence-electron chi connectivity index (χ1n) is 5.15. The van der Waals surface area contributed by atoms with Gasteiger partial charge in [-0.2, -0.15) is 0 Å². The number of nitro groups is 1. The van der Waals surface area contributed by atoms with Crippen LogP contribution in [-0.2, 0) is 0 Å². The lowest BCUT2D eigenvalue weighted by atomic mass is 10.1. The van der Waals surface area contributed by atoms with E-state index >= 15 is 0 Å². The molecule has 1 aromatic carbocycles.